The second-order valence-electron chi connectivity index (χ2n) is 5.63. The molecule has 4 amide bonds. The lowest BCUT2D eigenvalue weighted by Gasteiger charge is -2.13. The van der Waals surface area contributed by atoms with Crippen LogP contribution in [0.5, 0.6) is 0 Å². The Hall–Kier alpha value is -3.55. The van der Waals surface area contributed by atoms with E-state index in [2.05, 4.69) is 15.8 Å². The Morgan fingerprint density at radius 2 is 1.58 bits per heavy atom. The summed E-state index contributed by atoms with van der Waals surface area (Å²) in [6, 6.07) is 11.5. The molecule has 1 aliphatic rings. The van der Waals surface area contributed by atoms with E-state index in [0.717, 1.165) is 4.90 Å². The van der Waals surface area contributed by atoms with E-state index in [1.807, 2.05) is 0 Å². The number of carbonyl (C=O) groups excluding carboxylic acids is 4. The lowest BCUT2D eigenvalue weighted by molar-refractivity contribution is -0.122. The molecule has 0 unspecified atom stereocenters. The maximum absolute atomic E-state index is 12.2. The summed E-state index contributed by atoms with van der Waals surface area (Å²) in [5.41, 5.74) is 5.48. The molecule has 1 aromatic carbocycles. The largest absolute Gasteiger partial charge is 0.288 e. The van der Waals surface area contributed by atoms with Gasteiger partial charge in [0.25, 0.3) is 17.7 Å². The Morgan fingerprint density at radius 1 is 0.923 bits per heavy atom. The normalized spacial score (nSPS) is 12.7. The van der Waals surface area contributed by atoms with Gasteiger partial charge in [-0.05, 0) is 30.7 Å². The van der Waals surface area contributed by atoms with Crippen LogP contribution in [0.15, 0.2) is 48.7 Å². The lowest BCUT2D eigenvalue weighted by Crippen LogP contribution is -2.42. The summed E-state index contributed by atoms with van der Waals surface area (Å²) >= 11 is 0. The minimum Gasteiger partial charge on any atom is -0.274 e. The summed E-state index contributed by atoms with van der Waals surface area (Å²) < 4.78 is 0. The quantitative estimate of drug-likeness (QED) is 0.614. The average molecular weight is 352 g/mol. The Kier molecular flexibility index (Phi) is 5.02. The molecule has 0 saturated heterocycles. The molecular formula is C18H16N4O4. The van der Waals surface area contributed by atoms with E-state index >= 15 is 0 Å². The first-order valence-electron chi connectivity index (χ1n) is 8.03. The van der Waals surface area contributed by atoms with Gasteiger partial charge in [0.05, 0.1) is 11.1 Å². The molecule has 0 atom stereocenters. The van der Waals surface area contributed by atoms with E-state index in [1.165, 1.54) is 12.3 Å². The van der Waals surface area contributed by atoms with Gasteiger partial charge in [-0.25, -0.2) is 0 Å². The first-order valence-corrected chi connectivity index (χ1v) is 8.03. The molecule has 0 fully saturated rings. The second kappa shape index (κ2) is 7.56. The van der Waals surface area contributed by atoms with Crippen molar-refractivity contribution in [3.05, 3.63) is 65.5 Å². The first kappa shape index (κ1) is 17.3. The SMILES string of the molecule is O=C(CCCN1C(=O)c2ccccc2C1=O)NNC(=O)c1ccccn1. The van der Waals surface area contributed by atoms with Crippen LogP contribution in [0.4, 0.5) is 0 Å². The minimum atomic E-state index is -0.528. The monoisotopic (exact) mass is 352 g/mol. The zero-order valence-electron chi connectivity index (χ0n) is 13.8. The zero-order valence-corrected chi connectivity index (χ0v) is 13.8. The summed E-state index contributed by atoms with van der Waals surface area (Å²) in [5.74, 6) is -1.66. The van der Waals surface area contributed by atoms with E-state index in [0.29, 0.717) is 11.1 Å². The van der Waals surface area contributed by atoms with E-state index < -0.39 is 11.8 Å². The van der Waals surface area contributed by atoms with Crippen molar-refractivity contribution in [3.8, 4) is 0 Å². The van der Waals surface area contributed by atoms with Gasteiger partial charge in [0.15, 0.2) is 0 Å². The molecule has 2 aromatic rings. The summed E-state index contributed by atoms with van der Waals surface area (Å²) in [4.78, 5) is 52.9. The Balaban J connectivity index is 1.44. The van der Waals surface area contributed by atoms with Crippen LogP contribution in [-0.4, -0.2) is 40.1 Å². The van der Waals surface area contributed by atoms with Crippen LogP contribution >= 0.6 is 0 Å². The van der Waals surface area contributed by atoms with Gasteiger partial charge in [0.1, 0.15) is 5.69 Å². The third-order valence-electron chi connectivity index (χ3n) is 3.88. The molecule has 2 heterocycles. The van der Waals surface area contributed by atoms with Crippen molar-refractivity contribution in [2.24, 2.45) is 0 Å². The number of imide groups is 1. The van der Waals surface area contributed by atoms with Crippen molar-refractivity contribution in [2.75, 3.05) is 6.54 Å². The number of hydrogen-bond donors (Lipinski definition) is 2. The molecule has 8 heteroatoms. The number of amides is 4. The van der Waals surface area contributed by atoms with Gasteiger partial charge < -0.3 is 0 Å². The number of aromatic nitrogens is 1. The molecule has 0 radical (unpaired) electrons. The van der Waals surface area contributed by atoms with Crippen LogP contribution < -0.4 is 10.9 Å². The van der Waals surface area contributed by atoms with Crippen LogP contribution in [-0.2, 0) is 4.79 Å². The molecule has 3 rings (SSSR count). The van der Waals surface area contributed by atoms with Crippen molar-refractivity contribution in [2.45, 2.75) is 12.8 Å². The van der Waals surface area contributed by atoms with Crippen LogP contribution in [0.25, 0.3) is 0 Å². The molecule has 1 aromatic heterocycles. The van der Waals surface area contributed by atoms with Crippen LogP contribution in [0.3, 0.4) is 0 Å². The minimum absolute atomic E-state index is 0.0515. The predicted octanol–water partition coefficient (Wildman–Crippen LogP) is 0.919. The number of pyridine rings is 1. The second-order valence-corrected chi connectivity index (χ2v) is 5.63. The van der Waals surface area contributed by atoms with Crippen LogP contribution in [0, 0.1) is 0 Å². The van der Waals surface area contributed by atoms with Gasteiger partial charge in [-0.3, -0.25) is 39.9 Å². The Bertz CT molecular complexity index is 832. The topological polar surface area (TPSA) is 108 Å². The number of nitrogens with one attached hydrogen (secondary N) is 2. The summed E-state index contributed by atoms with van der Waals surface area (Å²) in [7, 11) is 0. The van der Waals surface area contributed by atoms with Gasteiger partial charge in [0.2, 0.25) is 5.91 Å². The lowest BCUT2D eigenvalue weighted by atomic mass is 10.1. The highest BCUT2D eigenvalue weighted by Gasteiger charge is 2.34. The summed E-state index contributed by atoms with van der Waals surface area (Å²) in [6.07, 6.45) is 1.81. The third kappa shape index (κ3) is 3.59. The standard InChI is InChI=1S/C18H16N4O4/c23-15(20-21-16(24)14-8-3-4-10-19-14)9-5-11-22-17(25)12-6-1-2-7-13(12)18(22)26/h1-4,6-8,10H,5,9,11H2,(H,20,23)(H,21,24). The average Bonchev–Trinajstić information content (AvgIpc) is 2.92. The fourth-order valence-corrected chi connectivity index (χ4v) is 2.59. The number of carbonyl (C=O) groups is 4. The molecule has 0 bridgehead atoms. The Morgan fingerprint density at radius 3 is 2.19 bits per heavy atom. The molecule has 26 heavy (non-hydrogen) atoms. The zero-order chi connectivity index (χ0) is 18.5. The highest BCUT2D eigenvalue weighted by Crippen LogP contribution is 2.22. The number of hydrogen-bond acceptors (Lipinski definition) is 5. The number of fused-ring (bicyclic) bond motifs is 1. The maximum Gasteiger partial charge on any atom is 0.288 e. The van der Waals surface area contributed by atoms with Gasteiger partial charge in [-0.15, -0.1) is 0 Å². The van der Waals surface area contributed by atoms with Crippen molar-refractivity contribution < 1.29 is 19.2 Å². The fraction of sp³-hybridized carbons (Fsp3) is 0.167. The van der Waals surface area contributed by atoms with Gasteiger partial charge in [0, 0.05) is 19.2 Å². The molecule has 1 aliphatic heterocycles. The molecule has 132 valence electrons. The molecular weight excluding hydrogens is 336 g/mol. The van der Waals surface area contributed by atoms with E-state index in [-0.39, 0.29) is 36.9 Å². The van der Waals surface area contributed by atoms with Gasteiger partial charge in [-0.1, -0.05) is 18.2 Å². The summed E-state index contributed by atoms with van der Waals surface area (Å²) in [6.45, 7) is 0.133. The van der Waals surface area contributed by atoms with Crippen LogP contribution in [0.1, 0.15) is 44.0 Å². The molecule has 0 saturated carbocycles. The smallest absolute Gasteiger partial charge is 0.274 e. The number of benzene rings is 1. The predicted molar refractivity (Wildman–Crippen MR) is 90.9 cm³/mol. The van der Waals surface area contributed by atoms with E-state index in [1.54, 1.807) is 36.4 Å². The van der Waals surface area contributed by atoms with Gasteiger partial charge >= 0.3 is 0 Å². The molecule has 0 aliphatic carbocycles. The maximum atomic E-state index is 12.2. The van der Waals surface area contributed by atoms with Gasteiger partial charge in [-0.2, -0.15) is 0 Å². The molecule has 0 spiro atoms. The number of hydrazine groups is 1. The third-order valence-corrected chi connectivity index (χ3v) is 3.88. The molecule has 8 nitrogen and oxygen atoms in total. The number of rotatable bonds is 5. The number of nitrogens with zero attached hydrogens (tertiary/aromatic N) is 2. The van der Waals surface area contributed by atoms with Crippen molar-refractivity contribution >= 4 is 23.6 Å². The highest BCUT2D eigenvalue weighted by molar-refractivity contribution is 6.21. The Labute approximate surface area is 149 Å². The van der Waals surface area contributed by atoms with E-state index in [4.69, 9.17) is 0 Å². The first-order chi connectivity index (χ1) is 12.6. The van der Waals surface area contributed by atoms with Crippen molar-refractivity contribution in [1.82, 2.24) is 20.7 Å². The summed E-state index contributed by atoms with van der Waals surface area (Å²) in [5, 5.41) is 0. The van der Waals surface area contributed by atoms with E-state index in [9.17, 15) is 19.2 Å². The highest BCUT2D eigenvalue weighted by atomic mass is 16.2. The van der Waals surface area contributed by atoms with Crippen LogP contribution in [0.2, 0.25) is 0 Å². The fourth-order valence-electron chi connectivity index (χ4n) is 2.59. The van der Waals surface area contributed by atoms with Crippen molar-refractivity contribution in [3.63, 3.8) is 0 Å². The van der Waals surface area contributed by atoms with Crippen molar-refractivity contribution in [1.29, 1.82) is 0 Å². The molecule has 2 N–H and O–H groups in total.